The van der Waals surface area contributed by atoms with Gasteiger partial charge in [-0.15, -0.1) is 0 Å². The van der Waals surface area contributed by atoms with E-state index in [4.69, 9.17) is 0 Å². The lowest BCUT2D eigenvalue weighted by atomic mass is 10.3. The third-order valence-corrected chi connectivity index (χ3v) is 2.34. The molecule has 0 bridgehead atoms. The molecule has 0 aromatic carbocycles. The van der Waals surface area contributed by atoms with Gasteiger partial charge in [-0.2, -0.15) is 8.78 Å². The molecule has 1 aromatic heterocycles. The third-order valence-electron chi connectivity index (χ3n) is 2.34. The normalized spacial score (nSPS) is 12.8. The van der Waals surface area contributed by atoms with Crippen molar-refractivity contribution >= 4 is 5.91 Å². The van der Waals surface area contributed by atoms with Gasteiger partial charge in [0.05, 0.1) is 12.6 Å². The lowest BCUT2D eigenvalue weighted by Gasteiger charge is -2.18. The Morgan fingerprint density at radius 1 is 1.59 bits per heavy atom. The van der Waals surface area contributed by atoms with Crippen molar-refractivity contribution in [3.8, 4) is 0 Å². The Balaban J connectivity index is 2.56. The molecule has 1 atom stereocenters. The van der Waals surface area contributed by atoms with Crippen molar-refractivity contribution in [1.82, 2.24) is 19.8 Å². The minimum Gasteiger partial charge on any atom is -0.347 e. The van der Waals surface area contributed by atoms with Gasteiger partial charge in [0.2, 0.25) is 5.91 Å². The molecule has 17 heavy (non-hydrogen) atoms. The van der Waals surface area contributed by atoms with Crippen LogP contribution in [0.5, 0.6) is 0 Å². The summed E-state index contributed by atoms with van der Waals surface area (Å²) in [6.07, 6.45) is 2.52. The SMILES string of the molecule is CC(NCc1nccn1C(F)F)C(=O)N(C)C. The van der Waals surface area contributed by atoms with E-state index in [0.29, 0.717) is 0 Å². The van der Waals surface area contributed by atoms with Gasteiger partial charge in [0, 0.05) is 26.5 Å². The Kier molecular flexibility index (Phi) is 4.56. The Hall–Kier alpha value is -1.50. The van der Waals surface area contributed by atoms with E-state index in [1.54, 1.807) is 21.0 Å². The molecule has 1 aromatic rings. The van der Waals surface area contributed by atoms with Crippen LogP contribution in [0.1, 0.15) is 19.3 Å². The van der Waals surface area contributed by atoms with E-state index in [0.717, 1.165) is 4.57 Å². The first-order chi connectivity index (χ1) is 7.93. The van der Waals surface area contributed by atoms with Gasteiger partial charge in [0.25, 0.3) is 0 Å². The van der Waals surface area contributed by atoms with Crippen molar-refractivity contribution in [1.29, 1.82) is 0 Å². The maximum absolute atomic E-state index is 12.5. The number of hydrogen-bond donors (Lipinski definition) is 1. The molecule has 0 radical (unpaired) electrons. The van der Waals surface area contributed by atoms with Crippen LogP contribution in [0.2, 0.25) is 0 Å². The fourth-order valence-electron chi connectivity index (χ4n) is 1.38. The molecule has 0 fully saturated rings. The van der Waals surface area contributed by atoms with E-state index in [1.165, 1.54) is 17.3 Å². The number of alkyl halides is 2. The Bertz CT molecular complexity index is 378. The molecule has 0 aliphatic heterocycles. The fourth-order valence-corrected chi connectivity index (χ4v) is 1.38. The molecule has 1 rings (SSSR count). The van der Waals surface area contributed by atoms with Crippen LogP contribution in [0.15, 0.2) is 12.4 Å². The van der Waals surface area contributed by atoms with E-state index in [9.17, 15) is 13.6 Å². The molecular weight excluding hydrogens is 230 g/mol. The van der Waals surface area contributed by atoms with Gasteiger partial charge in [-0.05, 0) is 6.92 Å². The predicted molar refractivity (Wildman–Crippen MR) is 58.5 cm³/mol. The van der Waals surface area contributed by atoms with Crippen LogP contribution in [0, 0.1) is 0 Å². The number of halogens is 2. The van der Waals surface area contributed by atoms with Gasteiger partial charge < -0.3 is 4.90 Å². The van der Waals surface area contributed by atoms with E-state index in [1.807, 2.05) is 0 Å². The average molecular weight is 246 g/mol. The second kappa shape index (κ2) is 5.72. The number of rotatable bonds is 5. The van der Waals surface area contributed by atoms with Crippen LogP contribution >= 0.6 is 0 Å². The van der Waals surface area contributed by atoms with Gasteiger partial charge >= 0.3 is 6.55 Å². The number of carbonyl (C=O) groups is 1. The Morgan fingerprint density at radius 2 is 2.24 bits per heavy atom. The lowest BCUT2D eigenvalue weighted by Crippen LogP contribution is -2.41. The topological polar surface area (TPSA) is 50.2 Å². The summed E-state index contributed by atoms with van der Waals surface area (Å²) < 4.78 is 25.7. The fraction of sp³-hybridized carbons (Fsp3) is 0.600. The first kappa shape index (κ1) is 13.6. The summed E-state index contributed by atoms with van der Waals surface area (Å²) in [5.41, 5.74) is 0. The molecule has 1 amide bonds. The van der Waals surface area contributed by atoms with Crippen molar-refractivity contribution in [2.24, 2.45) is 0 Å². The van der Waals surface area contributed by atoms with Crippen molar-refractivity contribution in [3.05, 3.63) is 18.2 Å². The zero-order chi connectivity index (χ0) is 13.0. The third kappa shape index (κ3) is 3.48. The van der Waals surface area contributed by atoms with Crippen LogP contribution in [-0.2, 0) is 11.3 Å². The van der Waals surface area contributed by atoms with E-state index < -0.39 is 12.6 Å². The highest BCUT2D eigenvalue weighted by Gasteiger charge is 2.16. The van der Waals surface area contributed by atoms with Crippen LogP contribution in [0.3, 0.4) is 0 Å². The number of aromatic nitrogens is 2. The first-order valence-electron chi connectivity index (χ1n) is 5.18. The molecule has 1 N–H and O–H groups in total. The highest BCUT2D eigenvalue weighted by atomic mass is 19.3. The van der Waals surface area contributed by atoms with E-state index in [-0.39, 0.29) is 18.3 Å². The zero-order valence-electron chi connectivity index (χ0n) is 10.0. The summed E-state index contributed by atoms with van der Waals surface area (Å²) in [4.78, 5) is 16.8. The van der Waals surface area contributed by atoms with Crippen molar-refractivity contribution in [3.63, 3.8) is 0 Å². The number of likely N-dealkylation sites (N-methyl/N-ethyl adjacent to an activating group) is 1. The highest BCUT2D eigenvalue weighted by Crippen LogP contribution is 2.12. The maximum Gasteiger partial charge on any atom is 0.319 e. The Labute approximate surface area is 98.4 Å². The van der Waals surface area contributed by atoms with Crippen LogP contribution in [0.25, 0.3) is 0 Å². The van der Waals surface area contributed by atoms with Gasteiger partial charge in [0.1, 0.15) is 5.82 Å². The van der Waals surface area contributed by atoms with Crippen molar-refractivity contribution < 1.29 is 13.6 Å². The maximum atomic E-state index is 12.5. The summed E-state index contributed by atoms with van der Waals surface area (Å²) in [6.45, 7) is -0.815. The number of imidazole rings is 1. The summed E-state index contributed by atoms with van der Waals surface area (Å²) in [6, 6.07) is -0.437. The molecule has 0 aliphatic carbocycles. The predicted octanol–water partition coefficient (Wildman–Crippen LogP) is 0.844. The molecule has 1 heterocycles. The quantitative estimate of drug-likeness (QED) is 0.837. The van der Waals surface area contributed by atoms with Crippen molar-refractivity contribution in [2.45, 2.75) is 26.1 Å². The monoisotopic (exact) mass is 246 g/mol. The highest BCUT2D eigenvalue weighted by molar-refractivity contribution is 5.80. The average Bonchev–Trinajstić information content (AvgIpc) is 2.72. The molecule has 7 heteroatoms. The van der Waals surface area contributed by atoms with E-state index >= 15 is 0 Å². The molecule has 0 aliphatic rings. The second-order valence-electron chi connectivity index (χ2n) is 3.86. The molecular formula is C10H16F2N4O. The van der Waals surface area contributed by atoms with Crippen LogP contribution in [-0.4, -0.2) is 40.5 Å². The number of amides is 1. The van der Waals surface area contributed by atoms with E-state index in [2.05, 4.69) is 10.3 Å². The smallest absolute Gasteiger partial charge is 0.319 e. The summed E-state index contributed by atoms with van der Waals surface area (Å²) in [5, 5.41) is 2.85. The number of nitrogens with one attached hydrogen (secondary N) is 1. The standard InChI is InChI=1S/C10H16F2N4O/c1-7(9(17)15(2)3)14-6-8-13-4-5-16(8)10(11)12/h4-5,7,10,14H,6H2,1-3H3. The first-order valence-corrected chi connectivity index (χ1v) is 5.18. The molecule has 5 nitrogen and oxygen atoms in total. The minimum atomic E-state index is -2.62. The van der Waals surface area contributed by atoms with Gasteiger partial charge in [-0.25, -0.2) is 4.98 Å². The molecule has 0 spiro atoms. The zero-order valence-corrected chi connectivity index (χ0v) is 10.0. The van der Waals surface area contributed by atoms with Crippen LogP contribution < -0.4 is 5.32 Å². The van der Waals surface area contributed by atoms with Gasteiger partial charge in [-0.3, -0.25) is 14.7 Å². The van der Waals surface area contributed by atoms with Crippen LogP contribution in [0.4, 0.5) is 8.78 Å². The lowest BCUT2D eigenvalue weighted by molar-refractivity contribution is -0.130. The van der Waals surface area contributed by atoms with Gasteiger partial charge in [0.15, 0.2) is 0 Å². The second-order valence-corrected chi connectivity index (χ2v) is 3.86. The van der Waals surface area contributed by atoms with Crippen molar-refractivity contribution in [2.75, 3.05) is 14.1 Å². The minimum absolute atomic E-state index is 0.111. The van der Waals surface area contributed by atoms with Gasteiger partial charge in [-0.1, -0.05) is 0 Å². The molecule has 0 saturated carbocycles. The number of hydrogen-bond acceptors (Lipinski definition) is 3. The molecule has 0 saturated heterocycles. The molecule has 96 valence electrons. The summed E-state index contributed by atoms with van der Waals surface area (Å²) in [7, 11) is 3.28. The summed E-state index contributed by atoms with van der Waals surface area (Å²) >= 11 is 0. The number of carbonyl (C=O) groups excluding carboxylic acids is 1. The largest absolute Gasteiger partial charge is 0.347 e. The Morgan fingerprint density at radius 3 is 2.76 bits per heavy atom. The summed E-state index contributed by atoms with van der Waals surface area (Å²) in [5.74, 6) is 0.0959. The number of nitrogens with zero attached hydrogens (tertiary/aromatic N) is 3. The molecule has 1 unspecified atom stereocenters.